The van der Waals surface area contributed by atoms with Gasteiger partial charge in [-0.1, -0.05) is 28.1 Å². The smallest absolute Gasteiger partial charge is 0.330 e. The number of Topliss-reactive ketones (excluding diaryl/α,β-unsaturated/α-hetero) is 1. The van der Waals surface area contributed by atoms with Gasteiger partial charge in [-0.25, -0.2) is 17.6 Å². The number of esters is 1. The number of carbonyl (C=O) groups is 3. The van der Waals surface area contributed by atoms with Crippen LogP contribution >= 0.6 is 27.7 Å². The molecule has 0 bridgehead atoms. The molecule has 3 aliphatic heterocycles. The quantitative estimate of drug-likeness (QED) is 0.179. The van der Waals surface area contributed by atoms with Crippen molar-refractivity contribution in [3.8, 4) is 17.0 Å². The molecule has 2 fully saturated rings. The summed E-state index contributed by atoms with van der Waals surface area (Å²) < 4.78 is 51.2. The Hall–Kier alpha value is -3.68. The van der Waals surface area contributed by atoms with Gasteiger partial charge in [-0.2, -0.15) is 0 Å². The third kappa shape index (κ3) is 5.31. The number of hydrogen-bond acceptors (Lipinski definition) is 8. The van der Waals surface area contributed by atoms with Crippen LogP contribution in [0.3, 0.4) is 0 Å². The van der Waals surface area contributed by atoms with Gasteiger partial charge in [0.2, 0.25) is 5.91 Å². The first-order valence-electron chi connectivity index (χ1n) is 14.6. The van der Waals surface area contributed by atoms with Crippen LogP contribution in [0.4, 0.5) is 4.39 Å². The second-order valence-corrected chi connectivity index (χ2v) is 16.9. The summed E-state index contributed by atoms with van der Waals surface area (Å²) in [4.78, 5) is 44.2. The largest absolute Gasteiger partial charge is 0.486 e. The van der Waals surface area contributed by atoms with Crippen LogP contribution in [0, 0.1) is 11.7 Å². The number of rotatable bonds is 8. The fourth-order valence-corrected chi connectivity index (χ4v) is 10.1. The molecule has 3 aliphatic rings. The van der Waals surface area contributed by atoms with E-state index >= 15 is 0 Å². The monoisotopic (exact) mass is 726 g/mol. The van der Waals surface area contributed by atoms with Gasteiger partial charge >= 0.3 is 5.97 Å². The van der Waals surface area contributed by atoms with Crippen LogP contribution in [-0.4, -0.2) is 58.7 Å². The van der Waals surface area contributed by atoms with Crippen LogP contribution in [0.25, 0.3) is 22.2 Å². The van der Waals surface area contributed by atoms with Gasteiger partial charge in [-0.3, -0.25) is 9.59 Å². The van der Waals surface area contributed by atoms with Gasteiger partial charge in [0.05, 0.1) is 27.6 Å². The van der Waals surface area contributed by atoms with Crippen molar-refractivity contribution in [1.29, 1.82) is 0 Å². The minimum atomic E-state index is -3.67. The fraction of sp³-hybridized carbons (Fsp3) is 0.303. The Morgan fingerprint density at radius 2 is 1.87 bits per heavy atom. The van der Waals surface area contributed by atoms with Gasteiger partial charge in [0, 0.05) is 37.7 Å². The number of fused-ring (bicyclic) bond motifs is 6. The molecule has 4 aromatic rings. The summed E-state index contributed by atoms with van der Waals surface area (Å²) in [5.74, 6) is -2.11. The number of ether oxygens (including phenoxy) is 2. The van der Waals surface area contributed by atoms with E-state index in [1.54, 1.807) is 12.1 Å². The van der Waals surface area contributed by atoms with Crippen molar-refractivity contribution in [2.24, 2.45) is 5.92 Å². The predicted octanol–water partition coefficient (Wildman–Crippen LogP) is 5.78. The first-order chi connectivity index (χ1) is 21.8. The lowest BCUT2D eigenvalue weighted by Crippen LogP contribution is -2.63. The first-order valence-corrected chi connectivity index (χ1v) is 17.9. The summed E-state index contributed by atoms with van der Waals surface area (Å²) in [5, 5.41) is 0.473. The van der Waals surface area contributed by atoms with Crippen molar-refractivity contribution < 1.29 is 36.7 Å². The molecule has 1 amide bonds. The highest BCUT2D eigenvalue weighted by Gasteiger charge is 2.64. The number of halogens is 2. The Kier molecular flexibility index (Phi) is 7.56. The zero-order valence-electron chi connectivity index (χ0n) is 24.7. The molecule has 46 heavy (non-hydrogen) atoms. The molecular weight excluding hydrogens is 699 g/mol. The number of aromatic amines is 1. The Labute approximate surface area is 276 Å². The van der Waals surface area contributed by atoms with Crippen LogP contribution < -0.4 is 4.74 Å². The second-order valence-electron chi connectivity index (χ2n) is 12.2. The summed E-state index contributed by atoms with van der Waals surface area (Å²) >= 11 is 4.90. The zero-order chi connectivity index (χ0) is 32.5. The fourth-order valence-electron chi connectivity index (χ4n) is 6.47. The normalized spacial score (nSPS) is 22.0. The molecule has 0 aliphatic carbocycles. The molecule has 3 unspecified atom stereocenters. The number of nitrogens with zero attached hydrogens (tertiary/aromatic N) is 1. The maximum absolute atomic E-state index is 13.3. The lowest BCUT2D eigenvalue weighted by atomic mass is 9.88. The van der Waals surface area contributed by atoms with Crippen molar-refractivity contribution in [3.05, 3.63) is 82.1 Å². The van der Waals surface area contributed by atoms with Crippen molar-refractivity contribution in [2.45, 2.75) is 53.7 Å². The third-order valence-electron chi connectivity index (χ3n) is 8.68. The number of H-pyrrole nitrogens is 1. The number of aromatic nitrogens is 1. The molecular formula is C33H28BrFN2O7S2. The van der Waals surface area contributed by atoms with Gasteiger partial charge in [-0.05, 0) is 67.9 Å². The highest BCUT2D eigenvalue weighted by Crippen LogP contribution is 2.54. The summed E-state index contributed by atoms with van der Waals surface area (Å²) in [5.41, 5.74) is 3.45. The van der Waals surface area contributed by atoms with Gasteiger partial charge < -0.3 is 19.4 Å². The molecule has 1 aromatic heterocycles. The molecule has 3 aromatic carbocycles. The van der Waals surface area contributed by atoms with E-state index in [1.807, 2.05) is 32.0 Å². The highest BCUT2D eigenvalue weighted by molar-refractivity contribution is 9.10. The summed E-state index contributed by atoms with van der Waals surface area (Å²) in [6.07, 6.45) is -0.0718. The van der Waals surface area contributed by atoms with Crippen molar-refractivity contribution >= 4 is 66.1 Å². The third-order valence-corrected chi connectivity index (χ3v) is 12.5. The van der Waals surface area contributed by atoms with Crippen LogP contribution in [0.15, 0.2) is 70.0 Å². The topological polar surface area (TPSA) is 123 Å². The van der Waals surface area contributed by atoms with Crippen molar-refractivity contribution in [1.82, 2.24) is 9.88 Å². The Balaban J connectivity index is 0.996. The Morgan fingerprint density at radius 1 is 1.11 bits per heavy atom. The van der Waals surface area contributed by atoms with Crippen LogP contribution in [-0.2, 0) is 41.3 Å². The number of nitrogens with one attached hydrogen (secondary N) is 1. The summed E-state index contributed by atoms with van der Waals surface area (Å²) in [7, 11) is -3.67. The molecule has 3 atom stereocenters. The number of thioether (sulfide) groups is 1. The number of benzene rings is 3. The average molecular weight is 728 g/mol. The van der Waals surface area contributed by atoms with E-state index < -0.39 is 38.3 Å². The van der Waals surface area contributed by atoms with E-state index in [9.17, 15) is 27.2 Å². The number of ketones is 1. The van der Waals surface area contributed by atoms with E-state index in [1.165, 1.54) is 47.0 Å². The molecule has 7 rings (SSSR count). The van der Waals surface area contributed by atoms with E-state index in [0.717, 1.165) is 21.1 Å². The number of amides is 1. The summed E-state index contributed by atoms with van der Waals surface area (Å²) in [6.45, 7) is 3.33. The Bertz CT molecular complexity index is 2040. The Morgan fingerprint density at radius 3 is 2.63 bits per heavy atom. The van der Waals surface area contributed by atoms with Gasteiger partial charge in [0.1, 0.15) is 30.8 Å². The van der Waals surface area contributed by atoms with Crippen molar-refractivity contribution in [2.75, 3.05) is 6.61 Å². The molecule has 1 N–H and O–H groups in total. The number of hydrogen-bond donors (Lipinski definition) is 1. The minimum absolute atomic E-state index is 0.0484. The molecule has 13 heteroatoms. The maximum atomic E-state index is 13.3. The average Bonchev–Trinajstić information content (AvgIpc) is 3.49. The molecule has 0 saturated carbocycles. The first kappa shape index (κ1) is 30.9. The van der Waals surface area contributed by atoms with Gasteiger partial charge in [-0.15, -0.1) is 11.8 Å². The molecule has 9 nitrogen and oxygen atoms in total. The van der Waals surface area contributed by atoms with Crippen molar-refractivity contribution in [3.63, 3.8) is 0 Å². The van der Waals surface area contributed by atoms with Crippen LogP contribution in [0.1, 0.15) is 31.4 Å². The standard InChI is InChI=1S/C33H28BrFN2O7S2/c1-33(2)29(32(40)44-14-17-3-6-19(35)7-4-17)37-30(39)24(31(37)45-33)12-20(38)15-43-21-8-9-22-27(13-21)46(41,42)16-25-23-11-18(34)5-10-26(23)36-28(22)25/h3-11,13,24,29,31,36H,12,14-16H2,1-2H3. The molecule has 0 spiro atoms. The highest BCUT2D eigenvalue weighted by atomic mass is 79.9. The van der Waals surface area contributed by atoms with Crippen LogP contribution in [0.2, 0.25) is 0 Å². The number of carbonyl (C=O) groups excluding carboxylic acids is 3. The predicted molar refractivity (Wildman–Crippen MR) is 173 cm³/mol. The van der Waals surface area contributed by atoms with E-state index in [4.69, 9.17) is 9.47 Å². The van der Waals surface area contributed by atoms with E-state index in [-0.39, 0.29) is 53.1 Å². The van der Waals surface area contributed by atoms with E-state index in [2.05, 4.69) is 20.9 Å². The molecule has 4 heterocycles. The lowest BCUT2D eigenvalue weighted by molar-refractivity contribution is -0.168. The molecule has 0 radical (unpaired) electrons. The van der Waals surface area contributed by atoms with Gasteiger partial charge in [0.25, 0.3) is 0 Å². The number of sulfone groups is 1. The second kappa shape index (κ2) is 11.2. The zero-order valence-corrected chi connectivity index (χ0v) is 27.9. The lowest BCUT2D eigenvalue weighted by Gasteiger charge is -2.43. The number of β-lactam (4-membered cyclic amide) rings is 1. The summed E-state index contributed by atoms with van der Waals surface area (Å²) in [6, 6.07) is 15.2. The molecule has 2 saturated heterocycles. The van der Waals surface area contributed by atoms with Gasteiger partial charge in [0.15, 0.2) is 15.6 Å². The van der Waals surface area contributed by atoms with Crippen LogP contribution in [0.5, 0.6) is 5.75 Å². The van der Waals surface area contributed by atoms with E-state index in [0.29, 0.717) is 16.7 Å². The molecule has 238 valence electrons. The SMILES string of the molecule is CC1(C)SC2C(CC(=O)COc3ccc4c(c3)S(=O)(=O)Cc3c-4[nH]c4ccc(Br)cc34)C(=O)N2C1C(=O)OCc1ccc(F)cc1. The minimum Gasteiger partial charge on any atom is -0.486 e. The maximum Gasteiger partial charge on any atom is 0.330 e.